The zero-order chi connectivity index (χ0) is 11.4. The Kier molecular flexibility index (Phi) is 5.03. The van der Waals surface area contributed by atoms with Gasteiger partial charge in [-0.15, -0.1) is 0 Å². The first-order valence-electron chi connectivity index (χ1n) is 6.15. The lowest BCUT2D eigenvalue weighted by molar-refractivity contribution is 0.133. The fraction of sp³-hybridized carbons (Fsp3) is 1.00. The zero-order valence-corrected chi connectivity index (χ0v) is 10.7. The lowest BCUT2D eigenvalue weighted by Crippen LogP contribution is -2.47. The van der Waals surface area contributed by atoms with E-state index in [1.54, 1.807) is 0 Å². The Morgan fingerprint density at radius 2 is 1.87 bits per heavy atom. The van der Waals surface area contributed by atoms with E-state index in [1.165, 1.54) is 25.9 Å². The summed E-state index contributed by atoms with van der Waals surface area (Å²) in [6, 6.07) is 1.06. The number of hydrogen-bond acceptors (Lipinski definition) is 3. The summed E-state index contributed by atoms with van der Waals surface area (Å²) < 4.78 is 0. The smallest absolute Gasteiger partial charge is 0.0191 e. The predicted octanol–water partition coefficient (Wildman–Crippen LogP) is 0.996. The Bertz CT molecular complexity index is 174. The van der Waals surface area contributed by atoms with Gasteiger partial charge < -0.3 is 15.5 Å². The van der Waals surface area contributed by atoms with Crippen molar-refractivity contribution in [3.05, 3.63) is 0 Å². The standard InChI is InChI=1S/C12H27N3/c1-10(2)12(13)9-15(4)11-5-7-14(3)8-6-11/h10-12H,5-9,13H2,1-4H3/t12-/m1/s1. The van der Waals surface area contributed by atoms with Gasteiger partial charge in [0.25, 0.3) is 0 Å². The van der Waals surface area contributed by atoms with E-state index in [9.17, 15) is 0 Å². The summed E-state index contributed by atoms with van der Waals surface area (Å²) in [5.41, 5.74) is 6.10. The van der Waals surface area contributed by atoms with Gasteiger partial charge in [0.05, 0.1) is 0 Å². The fourth-order valence-electron chi connectivity index (χ4n) is 2.13. The maximum Gasteiger partial charge on any atom is 0.0191 e. The first-order chi connectivity index (χ1) is 7.00. The minimum absolute atomic E-state index is 0.314. The van der Waals surface area contributed by atoms with Crippen LogP contribution in [0.4, 0.5) is 0 Å². The number of likely N-dealkylation sites (tertiary alicyclic amines) is 1. The summed E-state index contributed by atoms with van der Waals surface area (Å²) in [7, 11) is 4.42. The van der Waals surface area contributed by atoms with Crippen molar-refractivity contribution in [1.82, 2.24) is 9.80 Å². The van der Waals surface area contributed by atoms with Gasteiger partial charge in [-0.2, -0.15) is 0 Å². The molecule has 0 unspecified atom stereocenters. The molecule has 1 fully saturated rings. The van der Waals surface area contributed by atoms with Crippen LogP contribution in [0.25, 0.3) is 0 Å². The van der Waals surface area contributed by atoms with Crippen LogP contribution in [0.1, 0.15) is 26.7 Å². The maximum atomic E-state index is 6.10. The summed E-state index contributed by atoms with van der Waals surface area (Å²) in [6.45, 7) is 7.89. The van der Waals surface area contributed by atoms with E-state index in [0.717, 1.165) is 12.6 Å². The first-order valence-corrected chi connectivity index (χ1v) is 6.15. The molecule has 0 bridgehead atoms. The molecule has 0 radical (unpaired) electrons. The molecule has 0 saturated carbocycles. The molecule has 0 aromatic rings. The third-order valence-corrected chi connectivity index (χ3v) is 3.67. The SMILES string of the molecule is CC(C)[C@H](N)CN(C)C1CCN(C)CC1. The topological polar surface area (TPSA) is 32.5 Å². The Balaban J connectivity index is 2.30. The highest BCUT2D eigenvalue weighted by Crippen LogP contribution is 2.14. The molecule has 0 aromatic carbocycles. The maximum absolute atomic E-state index is 6.10. The van der Waals surface area contributed by atoms with E-state index in [-0.39, 0.29) is 0 Å². The van der Waals surface area contributed by atoms with Crippen molar-refractivity contribution in [2.75, 3.05) is 33.7 Å². The van der Waals surface area contributed by atoms with Crippen LogP contribution < -0.4 is 5.73 Å². The summed E-state index contributed by atoms with van der Waals surface area (Å²) in [6.07, 6.45) is 2.58. The average molecular weight is 213 g/mol. The molecule has 1 rings (SSSR count). The highest BCUT2D eigenvalue weighted by molar-refractivity contribution is 4.79. The lowest BCUT2D eigenvalue weighted by atomic mass is 10.0. The summed E-state index contributed by atoms with van der Waals surface area (Å²) in [4.78, 5) is 4.87. The molecular weight excluding hydrogens is 186 g/mol. The zero-order valence-electron chi connectivity index (χ0n) is 10.7. The molecule has 3 heteroatoms. The van der Waals surface area contributed by atoms with E-state index >= 15 is 0 Å². The fourth-order valence-corrected chi connectivity index (χ4v) is 2.13. The van der Waals surface area contributed by atoms with Crippen molar-refractivity contribution in [2.24, 2.45) is 11.7 Å². The van der Waals surface area contributed by atoms with Crippen LogP contribution in [0, 0.1) is 5.92 Å². The molecule has 0 amide bonds. The molecule has 15 heavy (non-hydrogen) atoms. The predicted molar refractivity (Wildman–Crippen MR) is 66.0 cm³/mol. The molecule has 0 aromatic heterocycles. The Morgan fingerprint density at radius 3 is 2.33 bits per heavy atom. The second-order valence-corrected chi connectivity index (χ2v) is 5.38. The Hall–Kier alpha value is -0.120. The molecule has 3 nitrogen and oxygen atoms in total. The van der Waals surface area contributed by atoms with Crippen molar-refractivity contribution >= 4 is 0 Å². The Labute approximate surface area is 94.6 Å². The summed E-state index contributed by atoms with van der Waals surface area (Å²) >= 11 is 0. The van der Waals surface area contributed by atoms with Gasteiger partial charge in [-0.05, 0) is 45.9 Å². The van der Waals surface area contributed by atoms with Gasteiger partial charge in [-0.1, -0.05) is 13.8 Å². The van der Waals surface area contributed by atoms with Crippen LogP contribution in [0.2, 0.25) is 0 Å². The highest BCUT2D eigenvalue weighted by Gasteiger charge is 2.22. The largest absolute Gasteiger partial charge is 0.326 e. The van der Waals surface area contributed by atoms with Crippen LogP contribution >= 0.6 is 0 Å². The van der Waals surface area contributed by atoms with Crippen LogP contribution in [-0.4, -0.2) is 55.6 Å². The number of piperidine rings is 1. The molecule has 2 N–H and O–H groups in total. The van der Waals surface area contributed by atoms with Crippen molar-refractivity contribution < 1.29 is 0 Å². The molecule has 0 aliphatic carbocycles. The second kappa shape index (κ2) is 5.83. The minimum atomic E-state index is 0.314. The molecule has 1 heterocycles. The van der Waals surface area contributed by atoms with Crippen LogP contribution in [-0.2, 0) is 0 Å². The van der Waals surface area contributed by atoms with Crippen LogP contribution in [0.3, 0.4) is 0 Å². The first kappa shape index (κ1) is 12.9. The van der Waals surface area contributed by atoms with Crippen molar-refractivity contribution in [1.29, 1.82) is 0 Å². The van der Waals surface area contributed by atoms with Gasteiger partial charge >= 0.3 is 0 Å². The van der Waals surface area contributed by atoms with Gasteiger partial charge in [0.1, 0.15) is 0 Å². The van der Waals surface area contributed by atoms with E-state index in [2.05, 4.69) is 37.7 Å². The highest BCUT2D eigenvalue weighted by atomic mass is 15.2. The number of hydrogen-bond donors (Lipinski definition) is 1. The lowest BCUT2D eigenvalue weighted by Gasteiger charge is -2.36. The minimum Gasteiger partial charge on any atom is -0.326 e. The Morgan fingerprint density at radius 1 is 1.33 bits per heavy atom. The van der Waals surface area contributed by atoms with E-state index in [1.807, 2.05) is 0 Å². The molecule has 1 aliphatic heterocycles. The van der Waals surface area contributed by atoms with Gasteiger partial charge in [-0.25, -0.2) is 0 Å². The molecule has 1 atom stereocenters. The van der Waals surface area contributed by atoms with Gasteiger partial charge in [0.2, 0.25) is 0 Å². The van der Waals surface area contributed by atoms with E-state index in [4.69, 9.17) is 5.73 Å². The molecule has 0 spiro atoms. The van der Waals surface area contributed by atoms with Crippen molar-refractivity contribution in [3.8, 4) is 0 Å². The van der Waals surface area contributed by atoms with Gasteiger partial charge in [0, 0.05) is 18.6 Å². The molecule has 1 aliphatic rings. The number of rotatable bonds is 4. The molecule has 90 valence electrons. The normalized spacial score (nSPS) is 22.6. The number of nitrogens with zero attached hydrogens (tertiary/aromatic N) is 2. The third-order valence-electron chi connectivity index (χ3n) is 3.67. The van der Waals surface area contributed by atoms with Crippen LogP contribution in [0.15, 0.2) is 0 Å². The van der Waals surface area contributed by atoms with Gasteiger partial charge in [-0.3, -0.25) is 0 Å². The van der Waals surface area contributed by atoms with E-state index in [0.29, 0.717) is 12.0 Å². The third kappa shape index (κ3) is 4.09. The summed E-state index contributed by atoms with van der Waals surface area (Å²) in [5.74, 6) is 0.582. The number of likely N-dealkylation sites (N-methyl/N-ethyl adjacent to an activating group) is 1. The monoisotopic (exact) mass is 213 g/mol. The molecular formula is C12H27N3. The quantitative estimate of drug-likeness (QED) is 0.756. The average Bonchev–Trinajstić information content (AvgIpc) is 2.18. The summed E-state index contributed by atoms with van der Waals surface area (Å²) in [5, 5.41) is 0. The second-order valence-electron chi connectivity index (χ2n) is 5.38. The van der Waals surface area contributed by atoms with E-state index < -0.39 is 0 Å². The van der Waals surface area contributed by atoms with Crippen LogP contribution in [0.5, 0.6) is 0 Å². The number of nitrogens with two attached hydrogens (primary N) is 1. The molecule has 1 saturated heterocycles. The van der Waals surface area contributed by atoms with Crippen molar-refractivity contribution in [2.45, 2.75) is 38.8 Å². The van der Waals surface area contributed by atoms with Gasteiger partial charge in [0.15, 0.2) is 0 Å². The van der Waals surface area contributed by atoms with Crippen molar-refractivity contribution in [3.63, 3.8) is 0 Å².